The summed E-state index contributed by atoms with van der Waals surface area (Å²) in [6.45, 7) is 3.92. The van der Waals surface area contributed by atoms with Gasteiger partial charge in [-0.05, 0) is 33.1 Å². The largest absolute Gasteiger partial charge is 0.449 e. The second kappa shape index (κ2) is 6.78. The van der Waals surface area contributed by atoms with Crippen molar-refractivity contribution in [1.29, 1.82) is 0 Å². The number of hydrazine groups is 1. The van der Waals surface area contributed by atoms with Crippen molar-refractivity contribution in [3.8, 4) is 0 Å². The number of nitrogens with one attached hydrogen (secondary N) is 1. The number of allylic oxidation sites excluding steroid dienone is 2. The van der Waals surface area contributed by atoms with Gasteiger partial charge < -0.3 is 9.47 Å². The molecule has 0 radical (unpaired) electrons. The second-order valence-electron chi connectivity index (χ2n) is 3.45. The molecule has 96 valence electrons. The van der Waals surface area contributed by atoms with Crippen molar-refractivity contribution in [1.82, 2.24) is 10.4 Å². The van der Waals surface area contributed by atoms with Gasteiger partial charge in [-0.3, -0.25) is 0 Å². The molecule has 0 saturated heterocycles. The molecule has 0 bridgehead atoms. The summed E-state index contributed by atoms with van der Waals surface area (Å²) in [6.07, 6.45) is 3.27. The summed E-state index contributed by atoms with van der Waals surface area (Å²) in [6, 6.07) is 0. The monoisotopic (exact) mass is 242 g/mol. The third kappa shape index (κ3) is 3.97. The van der Waals surface area contributed by atoms with E-state index in [1.165, 1.54) is 0 Å². The van der Waals surface area contributed by atoms with Crippen molar-refractivity contribution in [2.45, 2.75) is 33.1 Å². The summed E-state index contributed by atoms with van der Waals surface area (Å²) >= 11 is 0. The molecule has 6 nitrogen and oxygen atoms in total. The minimum atomic E-state index is -0.659. The molecule has 0 aromatic carbocycles. The first-order valence-corrected chi connectivity index (χ1v) is 5.78. The van der Waals surface area contributed by atoms with Gasteiger partial charge in [-0.25, -0.2) is 15.0 Å². The fraction of sp³-hybridized carbons (Fsp3) is 0.636. The van der Waals surface area contributed by atoms with Crippen molar-refractivity contribution in [2.24, 2.45) is 0 Å². The van der Waals surface area contributed by atoms with Gasteiger partial charge in [0.2, 0.25) is 0 Å². The van der Waals surface area contributed by atoms with Gasteiger partial charge in [0, 0.05) is 5.70 Å². The Hall–Kier alpha value is -1.72. The minimum absolute atomic E-state index is 0.252. The van der Waals surface area contributed by atoms with Gasteiger partial charge in [0.15, 0.2) is 0 Å². The molecule has 0 unspecified atom stereocenters. The van der Waals surface area contributed by atoms with Gasteiger partial charge >= 0.3 is 12.2 Å². The molecule has 0 aromatic rings. The van der Waals surface area contributed by atoms with E-state index >= 15 is 0 Å². The van der Waals surface area contributed by atoms with Gasteiger partial charge in [-0.1, -0.05) is 6.08 Å². The predicted octanol–water partition coefficient (Wildman–Crippen LogP) is 2.17. The molecule has 0 aliphatic heterocycles. The lowest BCUT2D eigenvalue weighted by Gasteiger charge is -2.22. The minimum Gasteiger partial charge on any atom is -0.449 e. The lowest BCUT2D eigenvalue weighted by molar-refractivity contribution is 0.0867. The molecule has 1 aliphatic carbocycles. The topological polar surface area (TPSA) is 67.9 Å². The normalized spacial score (nSPS) is 13.9. The summed E-state index contributed by atoms with van der Waals surface area (Å²) in [7, 11) is 0. The smallest absolute Gasteiger partial charge is 0.433 e. The van der Waals surface area contributed by atoms with E-state index in [4.69, 9.17) is 9.47 Å². The van der Waals surface area contributed by atoms with Gasteiger partial charge in [0.1, 0.15) is 0 Å². The first-order valence-electron chi connectivity index (χ1n) is 5.78. The first kappa shape index (κ1) is 13.3. The maximum absolute atomic E-state index is 11.7. The van der Waals surface area contributed by atoms with Crippen molar-refractivity contribution in [3.63, 3.8) is 0 Å². The van der Waals surface area contributed by atoms with E-state index < -0.39 is 12.2 Å². The number of hydrogen-bond acceptors (Lipinski definition) is 4. The Morgan fingerprint density at radius 1 is 1.35 bits per heavy atom. The molecule has 0 fully saturated rings. The second-order valence-corrected chi connectivity index (χ2v) is 3.45. The fourth-order valence-corrected chi connectivity index (χ4v) is 1.53. The number of carbonyl (C=O) groups is 2. The zero-order chi connectivity index (χ0) is 12.7. The highest BCUT2D eigenvalue weighted by Crippen LogP contribution is 2.20. The Kier molecular flexibility index (Phi) is 5.32. The number of rotatable bonds is 3. The molecule has 17 heavy (non-hydrogen) atoms. The van der Waals surface area contributed by atoms with E-state index in [-0.39, 0.29) is 13.2 Å². The molecular formula is C11H18N2O4. The number of ether oxygens (including phenoxy) is 2. The van der Waals surface area contributed by atoms with Gasteiger partial charge in [0.25, 0.3) is 0 Å². The van der Waals surface area contributed by atoms with E-state index in [9.17, 15) is 9.59 Å². The van der Waals surface area contributed by atoms with Crippen LogP contribution in [0.25, 0.3) is 0 Å². The van der Waals surface area contributed by atoms with Crippen LogP contribution in [0.15, 0.2) is 11.8 Å². The quantitative estimate of drug-likeness (QED) is 0.770. The van der Waals surface area contributed by atoms with Crippen molar-refractivity contribution >= 4 is 12.2 Å². The van der Waals surface area contributed by atoms with E-state index in [0.29, 0.717) is 0 Å². The first-order chi connectivity index (χ1) is 8.19. The molecule has 0 heterocycles. The van der Waals surface area contributed by atoms with Gasteiger partial charge in [-0.2, -0.15) is 5.01 Å². The highest BCUT2D eigenvalue weighted by atomic mass is 16.6. The number of amides is 2. The molecule has 0 spiro atoms. The predicted molar refractivity (Wildman–Crippen MR) is 61.0 cm³/mol. The lowest BCUT2D eigenvalue weighted by atomic mass is 10.3. The van der Waals surface area contributed by atoms with Crippen LogP contribution in [0.3, 0.4) is 0 Å². The third-order valence-electron chi connectivity index (χ3n) is 2.23. The van der Waals surface area contributed by atoms with E-state index in [1.807, 2.05) is 6.08 Å². The Bertz CT molecular complexity index is 315. The van der Waals surface area contributed by atoms with Crippen LogP contribution < -0.4 is 5.43 Å². The van der Waals surface area contributed by atoms with Gasteiger partial charge in [-0.15, -0.1) is 0 Å². The average Bonchev–Trinajstić information content (AvgIpc) is 2.79. The molecule has 1 aliphatic rings. The molecular weight excluding hydrogens is 224 g/mol. The molecule has 0 atom stereocenters. The molecule has 2 amide bonds. The molecule has 6 heteroatoms. The van der Waals surface area contributed by atoms with Crippen molar-refractivity contribution < 1.29 is 19.1 Å². The van der Waals surface area contributed by atoms with Crippen LogP contribution in [-0.4, -0.2) is 30.4 Å². The SMILES string of the molecule is CCOC(=O)NN(C(=O)OCC)C1=CCCC1. The van der Waals surface area contributed by atoms with Crippen LogP contribution in [0, 0.1) is 0 Å². The van der Waals surface area contributed by atoms with Crippen LogP contribution in [0.4, 0.5) is 9.59 Å². The Morgan fingerprint density at radius 3 is 2.59 bits per heavy atom. The van der Waals surface area contributed by atoms with Crippen LogP contribution in [0.1, 0.15) is 33.1 Å². The summed E-state index contributed by atoms with van der Waals surface area (Å²) in [5.41, 5.74) is 3.12. The molecule has 1 N–H and O–H groups in total. The number of nitrogens with zero attached hydrogens (tertiary/aromatic N) is 1. The Morgan fingerprint density at radius 2 is 2.06 bits per heavy atom. The lowest BCUT2D eigenvalue weighted by Crippen LogP contribution is -2.45. The molecule has 0 saturated carbocycles. The van der Waals surface area contributed by atoms with E-state index in [0.717, 1.165) is 30.0 Å². The Balaban J connectivity index is 2.64. The third-order valence-corrected chi connectivity index (χ3v) is 2.23. The average molecular weight is 242 g/mol. The van der Waals surface area contributed by atoms with Crippen molar-refractivity contribution in [2.75, 3.05) is 13.2 Å². The van der Waals surface area contributed by atoms with Crippen LogP contribution >= 0.6 is 0 Å². The van der Waals surface area contributed by atoms with Crippen LogP contribution in [0.5, 0.6) is 0 Å². The number of hydrogen-bond donors (Lipinski definition) is 1. The van der Waals surface area contributed by atoms with Crippen LogP contribution in [0.2, 0.25) is 0 Å². The van der Waals surface area contributed by atoms with E-state index in [1.54, 1.807) is 13.8 Å². The molecule has 1 rings (SSSR count). The van der Waals surface area contributed by atoms with E-state index in [2.05, 4.69) is 5.43 Å². The summed E-state index contributed by atoms with van der Waals surface area (Å²) in [5, 5.41) is 1.12. The zero-order valence-electron chi connectivity index (χ0n) is 10.2. The van der Waals surface area contributed by atoms with Crippen LogP contribution in [-0.2, 0) is 9.47 Å². The standard InChI is InChI=1S/C11H18N2O4/c1-3-16-10(14)12-13(11(15)17-4-2)9-7-5-6-8-9/h7H,3-6,8H2,1-2H3,(H,12,14). The highest BCUT2D eigenvalue weighted by molar-refractivity contribution is 5.75. The van der Waals surface area contributed by atoms with Gasteiger partial charge in [0.05, 0.1) is 13.2 Å². The number of carbonyl (C=O) groups excluding carboxylic acids is 2. The Labute approximate surface area is 101 Å². The highest BCUT2D eigenvalue weighted by Gasteiger charge is 2.23. The maximum atomic E-state index is 11.7. The van der Waals surface area contributed by atoms with Crippen molar-refractivity contribution in [3.05, 3.63) is 11.8 Å². The fourth-order valence-electron chi connectivity index (χ4n) is 1.53. The summed E-state index contributed by atoms with van der Waals surface area (Å²) in [5.74, 6) is 0. The zero-order valence-corrected chi connectivity index (χ0v) is 10.2. The maximum Gasteiger partial charge on any atom is 0.433 e. The molecule has 0 aromatic heterocycles. The summed E-state index contributed by atoms with van der Waals surface area (Å²) in [4.78, 5) is 23.0. The summed E-state index contributed by atoms with van der Waals surface area (Å²) < 4.78 is 9.60.